The van der Waals surface area contributed by atoms with E-state index in [-0.39, 0.29) is 0 Å². The molecule has 0 fully saturated rings. The van der Waals surface area contributed by atoms with Gasteiger partial charge in [0.05, 0.1) is 12.2 Å². The van der Waals surface area contributed by atoms with E-state index in [1.165, 1.54) is 30.5 Å². The van der Waals surface area contributed by atoms with Gasteiger partial charge in [0.1, 0.15) is 18.0 Å². The topological polar surface area (TPSA) is 63.0 Å². The first kappa shape index (κ1) is 16.4. The molecule has 0 saturated heterocycles. The molecular weight excluding hydrogens is 314 g/mol. The number of hydrogen-bond donors (Lipinski definition) is 0. The van der Waals surface area contributed by atoms with Crippen LogP contribution in [0.25, 0.3) is 0 Å². The number of rotatable bonds is 4. The van der Waals surface area contributed by atoms with E-state index in [4.69, 9.17) is 0 Å². The molecule has 2 aliphatic heterocycles. The maximum atomic E-state index is 4.60. The van der Waals surface area contributed by atoms with E-state index in [0.29, 0.717) is 0 Å². The maximum absolute atomic E-state index is 4.60. The summed E-state index contributed by atoms with van der Waals surface area (Å²) in [6, 6.07) is 0. The highest BCUT2D eigenvalue weighted by Gasteiger charge is 2.23. The minimum Gasteiger partial charge on any atom is -0.352 e. The van der Waals surface area contributed by atoms with Crippen molar-refractivity contribution in [3.63, 3.8) is 0 Å². The van der Waals surface area contributed by atoms with Gasteiger partial charge in [-0.15, -0.1) is 10.2 Å². The van der Waals surface area contributed by atoms with Crippen molar-refractivity contribution in [1.82, 2.24) is 29.6 Å². The van der Waals surface area contributed by atoms with Gasteiger partial charge in [0.15, 0.2) is 5.82 Å². The zero-order valence-electron chi connectivity index (χ0n) is 15.3. The Balaban J connectivity index is 1.58. The van der Waals surface area contributed by atoms with Crippen LogP contribution in [-0.2, 0) is 32.5 Å². The molecule has 0 radical (unpaired) electrons. The molecule has 25 heavy (non-hydrogen) atoms. The van der Waals surface area contributed by atoms with Crippen molar-refractivity contribution in [1.29, 1.82) is 0 Å². The minimum atomic E-state index is 0.739. The van der Waals surface area contributed by atoms with E-state index >= 15 is 0 Å². The Kier molecular flexibility index (Phi) is 4.65. The third-order valence-corrected chi connectivity index (χ3v) is 5.43. The zero-order chi connectivity index (χ0) is 17.2. The van der Waals surface area contributed by atoms with Crippen molar-refractivity contribution in [2.24, 2.45) is 0 Å². The number of nitrogens with zero attached hydrogens (tertiary/aromatic N) is 7. The van der Waals surface area contributed by atoms with Gasteiger partial charge in [-0.3, -0.25) is 4.90 Å². The van der Waals surface area contributed by atoms with E-state index in [1.54, 1.807) is 6.33 Å². The Morgan fingerprint density at radius 1 is 1.08 bits per heavy atom. The normalized spacial score (nSPS) is 17.7. The number of hydrogen-bond acceptors (Lipinski definition) is 6. The van der Waals surface area contributed by atoms with Crippen LogP contribution in [-0.4, -0.2) is 49.8 Å². The van der Waals surface area contributed by atoms with Crippen molar-refractivity contribution < 1.29 is 0 Å². The van der Waals surface area contributed by atoms with Gasteiger partial charge in [-0.1, -0.05) is 13.3 Å². The molecule has 7 heteroatoms. The van der Waals surface area contributed by atoms with Crippen LogP contribution < -0.4 is 4.90 Å². The molecule has 0 N–H and O–H groups in total. The quantitative estimate of drug-likeness (QED) is 0.845. The third kappa shape index (κ3) is 3.25. The first-order valence-electron chi connectivity index (χ1n) is 9.43. The summed E-state index contributed by atoms with van der Waals surface area (Å²) in [5.41, 5.74) is 2.47. The average Bonchev–Trinajstić information content (AvgIpc) is 2.87. The molecule has 4 heterocycles. The lowest BCUT2D eigenvalue weighted by Gasteiger charge is -2.30. The average molecular weight is 341 g/mol. The van der Waals surface area contributed by atoms with Crippen molar-refractivity contribution >= 4 is 5.82 Å². The second-order valence-electron chi connectivity index (χ2n) is 7.09. The Hall–Kier alpha value is -2.02. The van der Waals surface area contributed by atoms with Gasteiger partial charge in [0, 0.05) is 45.1 Å². The van der Waals surface area contributed by atoms with Crippen LogP contribution >= 0.6 is 0 Å². The molecule has 4 rings (SSSR count). The second kappa shape index (κ2) is 7.07. The van der Waals surface area contributed by atoms with Crippen LogP contribution in [0.2, 0.25) is 0 Å². The van der Waals surface area contributed by atoms with Crippen molar-refractivity contribution in [2.45, 2.75) is 58.7 Å². The fraction of sp³-hybridized carbons (Fsp3) is 0.667. The van der Waals surface area contributed by atoms with Gasteiger partial charge in [0.25, 0.3) is 0 Å². The molecule has 0 bridgehead atoms. The third-order valence-electron chi connectivity index (χ3n) is 5.43. The molecule has 134 valence electrons. The Bertz CT molecular complexity index is 739. The van der Waals surface area contributed by atoms with Gasteiger partial charge in [0.2, 0.25) is 0 Å². The van der Waals surface area contributed by atoms with E-state index < -0.39 is 0 Å². The molecule has 7 nitrogen and oxygen atoms in total. The summed E-state index contributed by atoms with van der Waals surface area (Å²) in [7, 11) is 2.10. The number of aryl methyl sites for hydroxylation is 1. The molecule has 0 amide bonds. The summed E-state index contributed by atoms with van der Waals surface area (Å²) < 4.78 is 2.31. The Morgan fingerprint density at radius 3 is 2.88 bits per heavy atom. The van der Waals surface area contributed by atoms with Gasteiger partial charge in [-0.2, -0.15) is 0 Å². The summed E-state index contributed by atoms with van der Waals surface area (Å²) in [5, 5.41) is 8.89. The zero-order valence-corrected chi connectivity index (χ0v) is 15.3. The molecular formula is C18H27N7. The van der Waals surface area contributed by atoms with Crippen LogP contribution in [0.15, 0.2) is 6.33 Å². The minimum absolute atomic E-state index is 0.739. The largest absolute Gasteiger partial charge is 0.352 e. The van der Waals surface area contributed by atoms with E-state index in [0.717, 1.165) is 63.0 Å². The predicted molar refractivity (Wildman–Crippen MR) is 96.4 cm³/mol. The molecule has 2 aromatic heterocycles. The maximum Gasteiger partial charge on any atom is 0.152 e. The summed E-state index contributed by atoms with van der Waals surface area (Å²) in [6.45, 7) is 7.07. The standard InChI is InChI=1S/C18H27N7/c1-3-24-10-8-15-14(11-24)18(20-13-19-15)23(2)12-17-22-21-16-7-5-4-6-9-25(16)17/h13H,3-12H2,1-2H3. The molecule has 0 atom stereocenters. The lowest BCUT2D eigenvalue weighted by molar-refractivity contribution is 0.265. The molecule has 2 aromatic rings. The van der Waals surface area contributed by atoms with Crippen LogP contribution in [0, 0.1) is 0 Å². The summed E-state index contributed by atoms with van der Waals surface area (Å²) in [6.07, 6.45) is 7.48. The van der Waals surface area contributed by atoms with Crippen molar-refractivity contribution in [2.75, 3.05) is 25.0 Å². The predicted octanol–water partition coefficient (Wildman–Crippen LogP) is 1.81. The molecule has 0 unspecified atom stereocenters. The SMILES string of the molecule is CCN1CCc2ncnc(N(C)Cc3nnc4n3CCCCC4)c2C1. The Labute approximate surface area is 149 Å². The van der Waals surface area contributed by atoms with E-state index in [2.05, 4.69) is 48.5 Å². The number of aromatic nitrogens is 5. The fourth-order valence-corrected chi connectivity index (χ4v) is 3.93. The van der Waals surface area contributed by atoms with E-state index in [1.807, 2.05) is 0 Å². The van der Waals surface area contributed by atoms with Crippen molar-refractivity contribution in [3.8, 4) is 0 Å². The molecule has 2 aliphatic rings. The first-order valence-corrected chi connectivity index (χ1v) is 9.43. The number of likely N-dealkylation sites (N-methyl/N-ethyl adjacent to an activating group) is 1. The number of anilines is 1. The highest BCUT2D eigenvalue weighted by molar-refractivity contribution is 5.48. The summed E-state index contributed by atoms with van der Waals surface area (Å²) in [5.74, 6) is 3.23. The lowest BCUT2D eigenvalue weighted by Crippen LogP contribution is -2.33. The van der Waals surface area contributed by atoms with Crippen LogP contribution in [0.1, 0.15) is 49.1 Å². The Morgan fingerprint density at radius 2 is 2.00 bits per heavy atom. The van der Waals surface area contributed by atoms with Crippen LogP contribution in [0.3, 0.4) is 0 Å². The molecule has 0 spiro atoms. The van der Waals surface area contributed by atoms with Gasteiger partial charge >= 0.3 is 0 Å². The monoisotopic (exact) mass is 341 g/mol. The lowest BCUT2D eigenvalue weighted by atomic mass is 10.1. The van der Waals surface area contributed by atoms with Gasteiger partial charge < -0.3 is 9.47 Å². The molecule has 0 aliphatic carbocycles. The van der Waals surface area contributed by atoms with Gasteiger partial charge in [-0.25, -0.2) is 9.97 Å². The number of fused-ring (bicyclic) bond motifs is 2. The molecule has 0 aromatic carbocycles. The fourth-order valence-electron chi connectivity index (χ4n) is 3.93. The van der Waals surface area contributed by atoms with Crippen LogP contribution in [0.4, 0.5) is 5.82 Å². The molecule has 0 saturated carbocycles. The second-order valence-corrected chi connectivity index (χ2v) is 7.09. The van der Waals surface area contributed by atoms with Crippen LogP contribution in [0.5, 0.6) is 0 Å². The highest BCUT2D eigenvalue weighted by atomic mass is 15.3. The van der Waals surface area contributed by atoms with E-state index in [9.17, 15) is 0 Å². The summed E-state index contributed by atoms with van der Waals surface area (Å²) in [4.78, 5) is 13.8. The smallest absolute Gasteiger partial charge is 0.152 e. The summed E-state index contributed by atoms with van der Waals surface area (Å²) >= 11 is 0. The highest BCUT2D eigenvalue weighted by Crippen LogP contribution is 2.26. The first-order chi connectivity index (χ1) is 12.3. The van der Waals surface area contributed by atoms with Gasteiger partial charge in [-0.05, 0) is 19.4 Å². The van der Waals surface area contributed by atoms with Crippen molar-refractivity contribution in [3.05, 3.63) is 29.2 Å².